The van der Waals surface area contributed by atoms with Crippen molar-refractivity contribution < 1.29 is 14.4 Å². The van der Waals surface area contributed by atoms with E-state index in [0.29, 0.717) is 43.0 Å². The summed E-state index contributed by atoms with van der Waals surface area (Å²) in [6, 6.07) is 9.77. The highest BCUT2D eigenvalue weighted by atomic mass is 16.2. The van der Waals surface area contributed by atoms with E-state index in [9.17, 15) is 14.4 Å². The normalized spacial score (nSPS) is 14.8. The van der Waals surface area contributed by atoms with E-state index in [2.05, 4.69) is 4.98 Å². The number of benzene rings is 1. The molecule has 0 radical (unpaired) electrons. The Balaban J connectivity index is 1.69. The summed E-state index contributed by atoms with van der Waals surface area (Å²) in [6.07, 6.45) is 0. The second kappa shape index (κ2) is 7.85. The number of piperazine rings is 1. The van der Waals surface area contributed by atoms with Gasteiger partial charge in [0.25, 0.3) is 5.91 Å². The number of aromatic nitrogens is 1. The minimum atomic E-state index is -0.614. The number of Topliss-reactive ketones (excluding diaryl/α,β-unsaturated/α-hetero) is 1. The Morgan fingerprint density at radius 3 is 2.00 bits per heavy atom. The van der Waals surface area contributed by atoms with Crippen LogP contribution in [0.5, 0.6) is 0 Å². The van der Waals surface area contributed by atoms with E-state index in [1.54, 1.807) is 11.8 Å². The molecule has 3 rings (SSSR count). The number of carbonyl (C=O) groups is 3. The number of hydrogen-bond donors (Lipinski definition) is 1. The average Bonchev–Trinajstić information content (AvgIpc) is 3.01. The number of carbonyl (C=O) groups excluding carboxylic acids is 3. The molecule has 29 heavy (non-hydrogen) atoms. The van der Waals surface area contributed by atoms with Gasteiger partial charge in [0.2, 0.25) is 5.91 Å². The molecule has 1 aromatic carbocycles. The third-order valence-electron chi connectivity index (χ3n) is 5.89. The summed E-state index contributed by atoms with van der Waals surface area (Å²) >= 11 is 0. The van der Waals surface area contributed by atoms with E-state index in [1.165, 1.54) is 6.92 Å². The van der Waals surface area contributed by atoms with Gasteiger partial charge in [0.15, 0.2) is 5.78 Å². The summed E-state index contributed by atoms with van der Waals surface area (Å²) in [5, 5.41) is 0. The highest BCUT2D eigenvalue weighted by molar-refractivity contribution is 6.02. The maximum absolute atomic E-state index is 13.1. The smallest absolute Gasteiger partial charge is 0.270 e. The molecule has 1 aromatic heterocycles. The number of amides is 2. The van der Waals surface area contributed by atoms with Crippen molar-refractivity contribution in [1.82, 2.24) is 14.8 Å². The van der Waals surface area contributed by atoms with Gasteiger partial charge < -0.3 is 14.8 Å². The Hall–Kier alpha value is -2.89. The molecule has 2 aromatic rings. The number of rotatable bonds is 4. The van der Waals surface area contributed by atoms with E-state index in [-0.39, 0.29) is 17.6 Å². The number of aromatic amines is 1. The lowest BCUT2D eigenvalue weighted by molar-refractivity contribution is -0.137. The summed E-state index contributed by atoms with van der Waals surface area (Å²) < 4.78 is 0. The van der Waals surface area contributed by atoms with Crippen molar-refractivity contribution in [2.75, 3.05) is 26.2 Å². The molecular weight excluding hydrogens is 366 g/mol. The molecule has 0 aliphatic carbocycles. The quantitative estimate of drug-likeness (QED) is 0.809. The Bertz CT molecular complexity index is 936. The van der Waals surface area contributed by atoms with Crippen molar-refractivity contribution in [3.63, 3.8) is 0 Å². The van der Waals surface area contributed by atoms with Gasteiger partial charge in [0.05, 0.1) is 5.41 Å². The maximum Gasteiger partial charge on any atom is 0.270 e. The van der Waals surface area contributed by atoms with Crippen molar-refractivity contribution in [2.24, 2.45) is 0 Å². The van der Waals surface area contributed by atoms with Crippen LogP contribution < -0.4 is 0 Å². The van der Waals surface area contributed by atoms with Crippen molar-refractivity contribution in [3.8, 4) is 0 Å². The maximum atomic E-state index is 13.1. The number of aryl methyl sites for hydroxylation is 1. The SMILES string of the molecule is CC(=O)c1c(C)[nH]c(C(=O)N2CCN(C(=O)C(C)(C)c3ccccc3)CC2)c1C. The summed E-state index contributed by atoms with van der Waals surface area (Å²) in [6.45, 7) is 10.9. The number of H-pyrrole nitrogens is 1. The van der Waals surface area contributed by atoms with Crippen LogP contribution >= 0.6 is 0 Å². The van der Waals surface area contributed by atoms with Gasteiger partial charge in [0.1, 0.15) is 5.69 Å². The third kappa shape index (κ3) is 3.84. The molecule has 0 spiro atoms. The van der Waals surface area contributed by atoms with Crippen LogP contribution in [-0.2, 0) is 10.2 Å². The average molecular weight is 396 g/mol. The van der Waals surface area contributed by atoms with E-state index in [1.807, 2.05) is 56.0 Å². The number of hydrogen-bond acceptors (Lipinski definition) is 3. The minimum absolute atomic E-state index is 0.0474. The van der Waals surface area contributed by atoms with Crippen molar-refractivity contribution in [2.45, 2.75) is 40.0 Å². The van der Waals surface area contributed by atoms with Gasteiger partial charge in [-0.25, -0.2) is 0 Å². The van der Waals surface area contributed by atoms with Gasteiger partial charge in [-0.1, -0.05) is 30.3 Å². The zero-order valence-electron chi connectivity index (χ0n) is 17.8. The number of ketones is 1. The molecule has 0 bridgehead atoms. The molecule has 1 fully saturated rings. The van der Waals surface area contributed by atoms with Crippen LogP contribution in [0.25, 0.3) is 0 Å². The summed E-state index contributed by atoms with van der Waals surface area (Å²) in [7, 11) is 0. The Kier molecular flexibility index (Phi) is 5.64. The Labute approximate surface area is 171 Å². The van der Waals surface area contributed by atoms with E-state index in [4.69, 9.17) is 0 Å². The van der Waals surface area contributed by atoms with Crippen LogP contribution in [0, 0.1) is 13.8 Å². The molecule has 154 valence electrons. The molecule has 6 heteroatoms. The van der Waals surface area contributed by atoms with Gasteiger partial charge in [-0.05, 0) is 45.7 Å². The van der Waals surface area contributed by atoms with Crippen molar-refractivity contribution in [3.05, 3.63) is 58.4 Å². The first-order chi connectivity index (χ1) is 13.6. The van der Waals surface area contributed by atoms with E-state index in [0.717, 1.165) is 11.3 Å². The van der Waals surface area contributed by atoms with Crippen LogP contribution in [0.4, 0.5) is 0 Å². The van der Waals surface area contributed by atoms with Crippen molar-refractivity contribution >= 4 is 17.6 Å². The molecule has 0 atom stereocenters. The van der Waals surface area contributed by atoms with E-state index < -0.39 is 5.41 Å². The molecule has 1 saturated heterocycles. The standard InChI is InChI=1S/C23H29N3O3/c1-15-19(17(3)27)16(2)24-20(15)21(28)25-11-13-26(14-12-25)22(29)23(4,5)18-9-7-6-8-10-18/h6-10,24H,11-14H2,1-5H3. The monoisotopic (exact) mass is 395 g/mol. The fraction of sp³-hybridized carbons (Fsp3) is 0.435. The van der Waals surface area contributed by atoms with Crippen LogP contribution in [0.2, 0.25) is 0 Å². The Morgan fingerprint density at radius 2 is 1.48 bits per heavy atom. The molecule has 6 nitrogen and oxygen atoms in total. The fourth-order valence-corrected chi connectivity index (χ4v) is 4.14. The summed E-state index contributed by atoms with van der Waals surface area (Å²) in [5.41, 5.74) is 2.85. The van der Waals surface area contributed by atoms with Gasteiger partial charge in [0, 0.05) is 37.4 Å². The fourth-order valence-electron chi connectivity index (χ4n) is 4.14. The second-order valence-electron chi connectivity index (χ2n) is 8.26. The zero-order chi connectivity index (χ0) is 21.3. The zero-order valence-corrected chi connectivity index (χ0v) is 17.8. The van der Waals surface area contributed by atoms with Crippen molar-refractivity contribution in [1.29, 1.82) is 0 Å². The van der Waals surface area contributed by atoms with Crippen LogP contribution in [0.3, 0.4) is 0 Å². The first-order valence-electron chi connectivity index (χ1n) is 9.99. The highest BCUT2D eigenvalue weighted by Gasteiger charge is 2.36. The first kappa shape index (κ1) is 20.8. The van der Waals surface area contributed by atoms with Crippen LogP contribution in [0.15, 0.2) is 30.3 Å². The lowest BCUT2D eigenvalue weighted by Crippen LogP contribution is -2.54. The number of nitrogens with one attached hydrogen (secondary N) is 1. The molecule has 1 aliphatic heterocycles. The lowest BCUT2D eigenvalue weighted by atomic mass is 9.83. The lowest BCUT2D eigenvalue weighted by Gasteiger charge is -2.38. The minimum Gasteiger partial charge on any atom is -0.354 e. The summed E-state index contributed by atoms with van der Waals surface area (Å²) in [5.74, 6) is -0.0945. The van der Waals surface area contributed by atoms with Gasteiger partial charge >= 0.3 is 0 Å². The molecule has 2 amide bonds. The Morgan fingerprint density at radius 1 is 0.931 bits per heavy atom. The molecule has 1 N–H and O–H groups in total. The van der Waals surface area contributed by atoms with E-state index >= 15 is 0 Å². The predicted molar refractivity (Wildman–Crippen MR) is 112 cm³/mol. The van der Waals surface area contributed by atoms with Crippen LogP contribution in [-0.4, -0.2) is 58.6 Å². The third-order valence-corrected chi connectivity index (χ3v) is 5.89. The molecular formula is C23H29N3O3. The number of nitrogens with zero attached hydrogens (tertiary/aromatic N) is 2. The van der Waals surface area contributed by atoms with Gasteiger partial charge in [-0.3, -0.25) is 14.4 Å². The molecule has 2 heterocycles. The van der Waals surface area contributed by atoms with Crippen LogP contribution in [0.1, 0.15) is 58.4 Å². The van der Waals surface area contributed by atoms with Gasteiger partial charge in [-0.15, -0.1) is 0 Å². The summed E-state index contributed by atoms with van der Waals surface area (Å²) in [4.78, 5) is 44.6. The highest BCUT2D eigenvalue weighted by Crippen LogP contribution is 2.26. The first-order valence-corrected chi connectivity index (χ1v) is 9.99. The topological polar surface area (TPSA) is 73.5 Å². The predicted octanol–water partition coefficient (Wildman–Crippen LogP) is 3.10. The molecule has 0 saturated carbocycles. The largest absolute Gasteiger partial charge is 0.354 e. The van der Waals surface area contributed by atoms with Gasteiger partial charge in [-0.2, -0.15) is 0 Å². The molecule has 0 unspecified atom stereocenters. The molecule has 1 aliphatic rings. The second-order valence-corrected chi connectivity index (χ2v) is 8.26.